The van der Waals surface area contributed by atoms with Gasteiger partial charge in [-0.3, -0.25) is 4.79 Å². The number of carbonyl (C=O) groups is 2. The standard InChI is InChI=1S/C17H19NO3S/c1-10-12(3)22-16(18-13(4)19)15(10)17(20)21-11(2)14-8-6-5-7-9-14/h5-9,11H,1-4H3,(H,18,19)/t11-/m0/s1. The summed E-state index contributed by atoms with van der Waals surface area (Å²) in [7, 11) is 0. The summed E-state index contributed by atoms with van der Waals surface area (Å²) in [5.74, 6) is -0.617. The van der Waals surface area contributed by atoms with Crippen LogP contribution in [-0.2, 0) is 9.53 Å². The van der Waals surface area contributed by atoms with Crippen molar-refractivity contribution in [3.8, 4) is 0 Å². The van der Waals surface area contributed by atoms with Gasteiger partial charge in [-0.2, -0.15) is 0 Å². The number of hydrogen-bond acceptors (Lipinski definition) is 4. The molecule has 1 atom stereocenters. The maximum Gasteiger partial charge on any atom is 0.342 e. The van der Waals surface area contributed by atoms with Crippen LogP contribution in [0.5, 0.6) is 0 Å². The largest absolute Gasteiger partial charge is 0.454 e. The Kier molecular flexibility index (Phi) is 4.98. The average molecular weight is 317 g/mol. The van der Waals surface area contributed by atoms with E-state index in [-0.39, 0.29) is 12.0 Å². The molecule has 1 amide bonds. The zero-order valence-corrected chi connectivity index (χ0v) is 13.9. The Morgan fingerprint density at radius 1 is 1.18 bits per heavy atom. The molecule has 2 aromatic rings. The zero-order chi connectivity index (χ0) is 16.3. The van der Waals surface area contributed by atoms with E-state index < -0.39 is 5.97 Å². The fourth-order valence-corrected chi connectivity index (χ4v) is 3.23. The molecule has 0 radical (unpaired) electrons. The molecule has 0 saturated heterocycles. The van der Waals surface area contributed by atoms with E-state index in [1.165, 1.54) is 18.3 Å². The number of rotatable bonds is 4. The van der Waals surface area contributed by atoms with E-state index in [0.29, 0.717) is 10.6 Å². The number of carbonyl (C=O) groups excluding carboxylic acids is 2. The summed E-state index contributed by atoms with van der Waals surface area (Å²) < 4.78 is 5.56. The quantitative estimate of drug-likeness (QED) is 0.858. The molecular weight excluding hydrogens is 298 g/mol. The molecule has 1 heterocycles. The summed E-state index contributed by atoms with van der Waals surface area (Å²) in [5, 5.41) is 3.26. The van der Waals surface area contributed by atoms with Crippen molar-refractivity contribution >= 4 is 28.2 Å². The van der Waals surface area contributed by atoms with Gasteiger partial charge in [0.05, 0.1) is 5.56 Å². The fraction of sp³-hybridized carbons (Fsp3) is 0.294. The average Bonchev–Trinajstić information content (AvgIpc) is 2.73. The van der Waals surface area contributed by atoms with Crippen LogP contribution in [0.1, 0.15) is 46.3 Å². The van der Waals surface area contributed by atoms with Crippen molar-refractivity contribution in [2.24, 2.45) is 0 Å². The fourth-order valence-electron chi connectivity index (χ4n) is 2.13. The summed E-state index contributed by atoms with van der Waals surface area (Å²) in [4.78, 5) is 24.8. The Hall–Kier alpha value is -2.14. The number of nitrogens with one attached hydrogen (secondary N) is 1. The monoisotopic (exact) mass is 317 g/mol. The predicted octanol–water partition coefficient (Wildman–Crippen LogP) is 4.24. The third-order valence-corrected chi connectivity index (χ3v) is 4.55. The van der Waals surface area contributed by atoms with Crippen LogP contribution in [0.25, 0.3) is 0 Å². The van der Waals surface area contributed by atoms with Gasteiger partial charge in [-0.05, 0) is 31.9 Å². The summed E-state index contributed by atoms with van der Waals surface area (Å²) in [6.45, 7) is 7.04. The molecule has 0 aliphatic carbocycles. The predicted molar refractivity (Wildman–Crippen MR) is 88.4 cm³/mol. The number of anilines is 1. The van der Waals surface area contributed by atoms with E-state index in [2.05, 4.69) is 5.32 Å². The number of amides is 1. The minimum atomic E-state index is -0.415. The topological polar surface area (TPSA) is 55.4 Å². The lowest BCUT2D eigenvalue weighted by Gasteiger charge is -2.14. The maximum absolute atomic E-state index is 12.5. The van der Waals surface area contributed by atoms with Gasteiger partial charge in [0.1, 0.15) is 11.1 Å². The van der Waals surface area contributed by atoms with E-state index in [0.717, 1.165) is 16.0 Å². The van der Waals surface area contributed by atoms with E-state index in [4.69, 9.17) is 4.74 Å². The van der Waals surface area contributed by atoms with Crippen LogP contribution < -0.4 is 5.32 Å². The Bertz CT molecular complexity index is 691. The van der Waals surface area contributed by atoms with Crippen molar-refractivity contribution in [3.05, 3.63) is 51.9 Å². The molecule has 4 nitrogen and oxygen atoms in total. The van der Waals surface area contributed by atoms with Gasteiger partial charge in [0.15, 0.2) is 0 Å². The van der Waals surface area contributed by atoms with Crippen LogP contribution in [0.2, 0.25) is 0 Å². The number of ether oxygens (including phenoxy) is 1. The number of benzene rings is 1. The Morgan fingerprint density at radius 3 is 2.41 bits per heavy atom. The van der Waals surface area contributed by atoms with Crippen LogP contribution >= 0.6 is 11.3 Å². The number of hydrogen-bond donors (Lipinski definition) is 1. The lowest BCUT2D eigenvalue weighted by atomic mass is 10.1. The molecule has 0 aliphatic rings. The van der Waals surface area contributed by atoms with Crippen molar-refractivity contribution in [2.75, 3.05) is 5.32 Å². The second-order valence-corrected chi connectivity index (χ2v) is 6.35. The first-order valence-electron chi connectivity index (χ1n) is 7.03. The molecule has 5 heteroatoms. The minimum absolute atomic E-state index is 0.202. The molecule has 1 aromatic carbocycles. The van der Waals surface area contributed by atoms with Gasteiger partial charge in [0.2, 0.25) is 5.91 Å². The van der Waals surface area contributed by atoms with Gasteiger partial charge in [-0.1, -0.05) is 30.3 Å². The molecule has 2 rings (SSSR count). The van der Waals surface area contributed by atoms with Crippen molar-refractivity contribution in [1.29, 1.82) is 0 Å². The van der Waals surface area contributed by atoms with Gasteiger partial charge < -0.3 is 10.1 Å². The number of thiophene rings is 1. The smallest absolute Gasteiger partial charge is 0.342 e. The molecule has 116 valence electrons. The lowest BCUT2D eigenvalue weighted by Crippen LogP contribution is -2.13. The molecule has 0 fully saturated rings. The first-order valence-corrected chi connectivity index (χ1v) is 7.85. The molecule has 0 aliphatic heterocycles. The van der Waals surface area contributed by atoms with Crippen molar-refractivity contribution in [1.82, 2.24) is 0 Å². The van der Waals surface area contributed by atoms with Gasteiger partial charge >= 0.3 is 5.97 Å². The SMILES string of the molecule is CC(=O)Nc1sc(C)c(C)c1C(=O)O[C@@H](C)c1ccccc1. The van der Waals surface area contributed by atoms with Gasteiger partial charge in [0, 0.05) is 11.8 Å². The highest BCUT2D eigenvalue weighted by molar-refractivity contribution is 7.16. The van der Waals surface area contributed by atoms with Gasteiger partial charge in [-0.15, -0.1) is 11.3 Å². The van der Waals surface area contributed by atoms with Crippen LogP contribution in [0, 0.1) is 13.8 Å². The van der Waals surface area contributed by atoms with E-state index in [1.54, 1.807) is 0 Å². The molecule has 0 bridgehead atoms. The molecule has 0 unspecified atom stereocenters. The normalized spacial score (nSPS) is 11.8. The first kappa shape index (κ1) is 16.2. The molecule has 1 N–H and O–H groups in total. The number of aryl methyl sites for hydroxylation is 1. The summed E-state index contributed by atoms with van der Waals surface area (Å²) >= 11 is 1.39. The molecule has 22 heavy (non-hydrogen) atoms. The Labute approximate surface area is 134 Å². The van der Waals surface area contributed by atoms with E-state index in [9.17, 15) is 9.59 Å². The summed E-state index contributed by atoms with van der Waals surface area (Å²) in [6.07, 6.45) is -0.349. The molecular formula is C17H19NO3S. The number of esters is 1. The molecule has 1 aromatic heterocycles. The third-order valence-electron chi connectivity index (χ3n) is 3.43. The highest BCUT2D eigenvalue weighted by Crippen LogP contribution is 2.34. The second kappa shape index (κ2) is 6.75. The maximum atomic E-state index is 12.5. The summed E-state index contributed by atoms with van der Waals surface area (Å²) in [6, 6.07) is 9.56. The highest BCUT2D eigenvalue weighted by Gasteiger charge is 2.23. The Morgan fingerprint density at radius 2 is 1.82 bits per heavy atom. The zero-order valence-electron chi connectivity index (χ0n) is 13.1. The molecule has 0 saturated carbocycles. The van der Waals surface area contributed by atoms with Crippen molar-refractivity contribution < 1.29 is 14.3 Å². The van der Waals surface area contributed by atoms with E-state index >= 15 is 0 Å². The first-order chi connectivity index (χ1) is 10.4. The second-order valence-electron chi connectivity index (χ2n) is 5.13. The van der Waals surface area contributed by atoms with Crippen LogP contribution in [0.3, 0.4) is 0 Å². The minimum Gasteiger partial charge on any atom is -0.454 e. The Balaban J connectivity index is 2.24. The van der Waals surface area contributed by atoms with E-state index in [1.807, 2.05) is 51.1 Å². The lowest BCUT2D eigenvalue weighted by molar-refractivity contribution is -0.114. The highest BCUT2D eigenvalue weighted by atomic mass is 32.1. The van der Waals surface area contributed by atoms with Gasteiger partial charge in [-0.25, -0.2) is 4.79 Å². The van der Waals surface area contributed by atoms with Crippen LogP contribution in [-0.4, -0.2) is 11.9 Å². The third kappa shape index (κ3) is 3.54. The molecule has 0 spiro atoms. The summed E-state index contributed by atoms with van der Waals surface area (Å²) in [5.41, 5.74) is 2.22. The van der Waals surface area contributed by atoms with Gasteiger partial charge in [0.25, 0.3) is 0 Å². The van der Waals surface area contributed by atoms with Crippen LogP contribution in [0.15, 0.2) is 30.3 Å². The van der Waals surface area contributed by atoms with Crippen molar-refractivity contribution in [2.45, 2.75) is 33.8 Å². The van der Waals surface area contributed by atoms with Crippen LogP contribution in [0.4, 0.5) is 5.00 Å². The van der Waals surface area contributed by atoms with Crippen molar-refractivity contribution in [3.63, 3.8) is 0 Å².